The van der Waals surface area contributed by atoms with Gasteiger partial charge in [-0.3, -0.25) is 14.8 Å². The van der Waals surface area contributed by atoms with Gasteiger partial charge in [-0.05, 0) is 20.9 Å². The fraction of sp³-hybridized carbons (Fsp3) is 0.750. The first-order chi connectivity index (χ1) is 8.52. The Labute approximate surface area is 107 Å². The number of carbonyl (C=O) groups excluding carboxylic acids is 1. The Kier molecular flexibility index (Phi) is 3.65. The third-order valence-corrected chi connectivity index (χ3v) is 3.70. The number of nitrogens with one attached hydrogen (secondary N) is 1. The van der Waals surface area contributed by atoms with Crippen molar-refractivity contribution in [2.45, 2.75) is 39.3 Å². The summed E-state index contributed by atoms with van der Waals surface area (Å²) >= 11 is 0. The molecule has 2 unspecified atom stereocenters. The van der Waals surface area contributed by atoms with Crippen molar-refractivity contribution in [1.82, 2.24) is 25.0 Å². The number of likely N-dealkylation sites (N-methyl/N-ethyl adjacent to an activating group) is 1. The molecule has 1 aliphatic heterocycles. The number of nitrogens with zero attached hydrogens (tertiary/aromatic N) is 4. The van der Waals surface area contributed by atoms with Crippen LogP contribution in [0.4, 0.5) is 0 Å². The van der Waals surface area contributed by atoms with E-state index in [1.54, 1.807) is 0 Å². The first kappa shape index (κ1) is 13.0. The first-order valence-corrected chi connectivity index (χ1v) is 6.45. The van der Waals surface area contributed by atoms with Crippen molar-refractivity contribution >= 4 is 5.91 Å². The largest absolute Gasteiger partial charge is 0.333 e. The minimum atomic E-state index is -0.0715. The molecule has 2 heterocycles. The van der Waals surface area contributed by atoms with Gasteiger partial charge in [-0.15, -0.1) is 5.10 Å². The molecule has 0 aromatic carbocycles. The predicted molar refractivity (Wildman–Crippen MR) is 68.4 cm³/mol. The van der Waals surface area contributed by atoms with E-state index in [1.165, 1.54) is 0 Å². The van der Waals surface area contributed by atoms with Crippen LogP contribution in [0.15, 0.2) is 0 Å². The summed E-state index contributed by atoms with van der Waals surface area (Å²) in [4.78, 5) is 20.6. The second-order valence-electron chi connectivity index (χ2n) is 5.03. The van der Waals surface area contributed by atoms with Crippen LogP contribution in [0.5, 0.6) is 0 Å². The van der Waals surface area contributed by atoms with Crippen molar-refractivity contribution in [2.24, 2.45) is 0 Å². The number of aromatic amines is 1. The van der Waals surface area contributed by atoms with Crippen molar-refractivity contribution in [1.29, 1.82) is 0 Å². The summed E-state index contributed by atoms with van der Waals surface area (Å²) in [5.41, 5.74) is 0. The second-order valence-corrected chi connectivity index (χ2v) is 5.03. The van der Waals surface area contributed by atoms with Crippen LogP contribution >= 0.6 is 0 Å². The molecule has 100 valence electrons. The van der Waals surface area contributed by atoms with E-state index >= 15 is 0 Å². The third kappa shape index (κ3) is 2.38. The number of carbonyl (C=O) groups is 1. The topological polar surface area (TPSA) is 65.1 Å². The van der Waals surface area contributed by atoms with Gasteiger partial charge >= 0.3 is 0 Å². The number of hydrogen-bond acceptors (Lipinski definition) is 4. The van der Waals surface area contributed by atoms with Crippen molar-refractivity contribution in [3.63, 3.8) is 0 Å². The van der Waals surface area contributed by atoms with Gasteiger partial charge in [0.1, 0.15) is 5.82 Å². The molecule has 0 bridgehead atoms. The van der Waals surface area contributed by atoms with E-state index in [4.69, 9.17) is 0 Å². The minimum absolute atomic E-state index is 0.0715. The number of aryl methyl sites for hydroxylation is 1. The van der Waals surface area contributed by atoms with E-state index in [0.717, 1.165) is 25.3 Å². The van der Waals surface area contributed by atoms with Crippen molar-refractivity contribution in [3.8, 4) is 0 Å². The molecule has 1 N–H and O–H groups in total. The Bertz CT molecular complexity index is 418. The average molecular weight is 251 g/mol. The molecule has 18 heavy (non-hydrogen) atoms. The lowest BCUT2D eigenvalue weighted by Crippen LogP contribution is -2.56. The third-order valence-electron chi connectivity index (χ3n) is 3.70. The van der Waals surface area contributed by atoms with E-state index in [0.29, 0.717) is 12.1 Å². The summed E-state index contributed by atoms with van der Waals surface area (Å²) in [6.07, 6.45) is 0.760. The summed E-state index contributed by atoms with van der Waals surface area (Å²) in [5.74, 6) is 0.974. The smallest absolute Gasteiger partial charge is 0.293 e. The standard InChI is InChI=1S/C12H21N5O/c1-5-10-13-11(15-14-10)12(18)17-6-8(2)16(4)9(3)7-17/h8-9H,5-7H2,1-4H3,(H,13,14,15). The Morgan fingerprint density at radius 1 is 1.39 bits per heavy atom. The highest BCUT2D eigenvalue weighted by atomic mass is 16.2. The molecule has 1 amide bonds. The molecule has 2 rings (SSSR count). The maximum atomic E-state index is 12.3. The highest BCUT2D eigenvalue weighted by Gasteiger charge is 2.31. The van der Waals surface area contributed by atoms with Gasteiger partial charge in [0.15, 0.2) is 0 Å². The van der Waals surface area contributed by atoms with Crippen LogP contribution in [0.2, 0.25) is 0 Å². The number of hydrogen-bond donors (Lipinski definition) is 1. The molecular formula is C12H21N5O. The zero-order chi connectivity index (χ0) is 13.3. The molecular weight excluding hydrogens is 230 g/mol. The highest BCUT2D eigenvalue weighted by molar-refractivity contribution is 5.90. The molecule has 0 saturated carbocycles. The zero-order valence-electron chi connectivity index (χ0n) is 11.5. The molecule has 0 spiro atoms. The highest BCUT2D eigenvalue weighted by Crippen LogP contribution is 2.14. The molecule has 1 aromatic rings. The molecule has 1 aromatic heterocycles. The van der Waals surface area contributed by atoms with E-state index in [1.807, 2.05) is 11.8 Å². The Hall–Kier alpha value is -1.43. The van der Waals surface area contributed by atoms with Gasteiger partial charge in [0, 0.05) is 31.6 Å². The summed E-state index contributed by atoms with van der Waals surface area (Å²) in [6, 6.07) is 0.726. The van der Waals surface area contributed by atoms with Gasteiger partial charge in [0.05, 0.1) is 0 Å². The fourth-order valence-electron chi connectivity index (χ4n) is 2.26. The molecule has 1 fully saturated rings. The van der Waals surface area contributed by atoms with E-state index in [-0.39, 0.29) is 11.7 Å². The van der Waals surface area contributed by atoms with Crippen LogP contribution < -0.4 is 0 Å². The SMILES string of the molecule is CCc1nc(C(=O)N2CC(C)N(C)C(C)C2)n[nH]1. The van der Waals surface area contributed by atoms with Gasteiger partial charge in [-0.2, -0.15) is 0 Å². The molecule has 1 aliphatic rings. The number of H-pyrrole nitrogens is 1. The normalized spacial score (nSPS) is 25.4. The Morgan fingerprint density at radius 3 is 2.50 bits per heavy atom. The van der Waals surface area contributed by atoms with Crippen LogP contribution in [0, 0.1) is 0 Å². The average Bonchev–Trinajstić information content (AvgIpc) is 2.83. The van der Waals surface area contributed by atoms with Crippen molar-refractivity contribution in [3.05, 3.63) is 11.6 Å². The molecule has 6 nitrogen and oxygen atoms in total. The summed E-state index contributed by atoms with van der Waals surface area (Å²) in [6.45, 7) is 7.71. The molecule has 1 saturated heterocycles. The van der Waals surface area contributed by atoms with Crippen LogP contribution in [-0.4, -0.2) is 63.1 Å². The zero-order valence-corrected chi connectivity index (χ0v) is 11.5. The molecule has 2 atom stereocenters. The number of rotatable bonds is 2. The van der Waals surface area contributed by atoms with Gasteiger partial charge < -0.3 is 4.90 Å². The number of piperazine rings is 1. The van der Waals surface area contributed by atoms with Crippen LogP contribution in [0.1, 0.15) is 37.2 Å². The lowest BCUT2D eigenvalue weighted by Gasteiger charge is -2.42. The van der Waals surface area contributed by atoms with Crippen LogP contribution in [-0.2, 0) is 6.42 Å². The van der Waals surface area contributed by atoms with Gasteiger partial charge in [0.25, 0.3) is 5.91 Å². The van der Waals surface area contributed by atoms with E-state index < -0.39 is 0 Å². The lowest BCUT2D eigenvalue weighted by atomic mass is 10.1. The van der Waals surface area contributed by atoms with E-state index in [9.17, 15) is 4.79 Å². The number of aromatic nitrogens is 3. The Morgan fingerprint density at radius 2 is 2.00 bits per heavy atom. The monoisotopic (exact) mass is 251 g/mol. The van der Waals surface area contributed by atoms with Crippen molar-refractivity contribution in [2.75, 3.05) is 20.1 Å². The molecule has 0 aliphatic carbocycles. The second kappa shape index (κ2) is 5.06. The molecule has 6 heteroatoms. The number of amides is 1. The van der Waals surface area contributed by atoms with Gasteiger partial charge in [0.2, 0.25) is 5.82 Å². The Balaban J connectivity index is 2.09. The summed E-state index contributed by atoms with van der Waals surface area (Å²) in [5, 5.41) is 6.78. The summed E-state index contributed by atoms with van der Waals surface area (Å²) in [7, 11) is 2.10. The minimum Gasteiger partial charge on any atom is -0.333 e. The van der Waals surface area contributed by atoms with Gasteiger partial charge in [-0.25, -0.2) is 4.98 Å². The van der Waals surface area contributed by atoms with Gasteiger partial charge in [-0.1, -0.05) is 6.92 Å². The quantitative estimate of drug-likeness (QED) is 0.833. The van der Waals surface area contributed by atoms with E-state index in [2.05, 4.69) is 41.0 Å². The van der Waals surface area contributed by atoms with Crippen LogP contribution in [0.25, 0.3) is 0 Å². The fourth-order valence-corrected chi connectivity index (χ4v) is 2.26. The molecule has 0 radical (unpaired) electrons. The first-order valence-electron chi connectivity index (χ1n) is 6.45. The van der Waals surface area contributed by atoms with Crippen LogP contribution in [0.3, 0.4) is 0 Å². The summed E-state index contributed by atoms with van der Waals surface area (Å²) < 4.78 is 0. The predicted octanol–water partition coefficient (Wildman–Crippen LogP) is 0.532. The van der Waals surface area contributed by atoms with Crippen molar-refractivity contribution < 1.29 is 4.79 Å². The lowest BCUT2D eigenvalue weighted by molar-refractivity contribution is 0.0404. The maximum absolute atomic E-state index is 12.3. The maximum Gasteiger partial charge on any atom is 0.293 e.